The molecular formula is C18H24O7. The Hall–Kier alpha value is -1.96. The minimum Gasteiger partial charge on any atom is -0.425 e. The zero-order valence-corrected chi connectivity index (χ0v) is 14.5. The summed E-state index contributed by atoms with van der Waals surface area (Å²) in [5.41, 5.74) is 0.124. The van der Waals surface area contributed by atoms with Gasteiger partial charge < -0.3 is 24.1 Å². The molecule has 138 valence electrons. The van der Waals surface area contributed by atoms with Crippen LogP contribution in [0, 0.1) is 0 Å². The van der Waals surface area contributed by atoms with Crippen molar-refractivity contribution in [3.05, 3.63) is 35.4 Å². The number of cyclic esters (lactones) is 2. The van der Waals surface area contributed by atoms with Gasteiger partial charge >= 0.3 is 11.9 Å². The van der Waals surface area contributed by atoms with Gasteiger partial charge in [0.1, 0.15) is 0 Å². The Morgan fingerprint density at radius 3 is 2.44 bits per heavy atom. The molecule has 0 aliphatic carbocycles. The third-order valence-corrected chi connectivity index (χ3v) is 3.81. The fraction of sp³-hybridized carbons (Fsp3) is 0.556. The normalized spacial score (nSPS) is 23.2. The molecule has 2 rings (SSSR count). The van der Waals surface area contributed by atoms with Gasteiger partial charge in [-0.05, 0) is 25.5 Å². The third kappa shape index (κ3) is 4.78. The molecular weight excluding hydrogens is 328 g/mol. The van der Waals surface area contributed by atoms with E-state index in [1.165, 1.54) is 12.1 Å². The molecule has 2 atom stereocenters. The molecule has 1 aliphatic heterocycles. The van der Waals surface area contributed by atoms with Crippen LogP contribution in [-0.2, 0) is 18.9 Å². The number of aliphatic hydroxyl groups is 1. The van der Waals surface area contributed by atoms with E-state index >= 15 is 0 Å². The predicted molar refractivity (Wildman–Crippen MR) is 88.0 cm³/mol. The number of hydrogen-bond donors (Lipinski definition) is 1. The van der Waals surface area contributed by atoms with Crippen molar-refractivity contribution in [3.63, 3.8) is 0 Å². The Morgan fingerprint density at radius 1 is 1.12 bits per heavy atom. The molecule has 0 amide bonds. The van der Waals surface area contributed by atoms with Gasteiger partial charge in [0.05, 0.1) is 24.3 Å². The van der Waals surface area contributed by atoms with Crippen LogP contribution in [0.2, 0.25) is 0 Å². The Bertz CT molecular complexity index is 601. The highest BCUT2D eigenvalue weighted by molar-refractivity contribution is 6.03. The summed E-state index contributed by atoms with van der Waals surface area (Å²) in [5, 5.41) is 10.9. The van der Waals surface area contributed by atoms with Crippen LogP contribution < -0.4 is 0 Å². The monoisotopic (exact) mass is 352 g/mol. The molecule has 1 heterocycles. The van der Waals surface area contributed by atoms with Gasteiger partial charge in [0.15, 0.2) is 0 Å². The minimum atomic E-state index is -2.05. The molecule has 0 fully saturated rings. The van der Waals surface area contributed by atoms with Crippen molar-refractivity contribution < 1.29 is 33.6 Å². The smallest absolute Gasteiger partial charge is 0.341 e. The molecule has 0 radical (unpaired) electrons. The number of unbranched alkanes of at least 4 members (excludes halogenated alkanes) is 1. The Labute approximate surface area is 146 Å². The van der Waals surface area contributed by atoms with E-state index in [4.69, 9.17) is 18.9 Å². The summed E-state index contributed by atoms with van der Waals surface area (Å²) in [5.74, 6) is -3.59. The number of esters is 2. The number of carbonyl (C=O) groups excluding carboxylic acids is 2. The van der Waals surface area contributed by atoms with Crippen LogP contribution in [0.1, 0.15) is 53.8 Å². The number of benzene rings is 1. The Balaban J connectivity index is 2.28. The lowest BCUT2D eigenvalue weighted by molar-refractivity contribution is -0.305. The molecule has 0 spiro atoms. The van der Waals surface area contributed by atoms with Gasteiger partial charge in [0.25, 0.3) is 12.1 Å². The first-order valence-corrected chi connectivity index (χ1v) is 8.47. The summed E-state index contributed by atoms with van der Waals surface area (Å²) in [6, 6.07) is 6.14. The molecule has 0 bridgehead atoms. The maximum Gasteiger partial charge on any atom is 0.341 e. The fourth-order valence-electron chi connectivity index (χ4n) is 2.48. The van der Waals surface area contributed by atoms with Crippen LogP contribution in [0.25, 0.3) is 0 Å². The van der Waals surface area contributed by atoms with Crippen molar-refractivity contribution in [3.8, 4) is 0 Å². The maximum absolute atomic E-state index is 12.4. The largest absolute Gasteiger partial charge is 0.425 e. The second-order valence-corrected chi connectivity index (χ2v) is 5.69. The van der Waals surface area contributed by atoms with Crippen molar-refractivity contribution in [2.75, 3.05) is 19.8 Å². The second-order valence-electron chi connectivity index (χ2n) is 5.69. The first-order valence-electron chi connectivity index (χ1n) is 8.47. The van der Waals surface area contributed by atoms with Crippen LogP contribution in [-0.4, -0.2) is 48.9 Å². The summed E-state index contributed by atoms with van der Waals surface area (Å²) in [7, 11) is 0. The summed E-state index contributed by atoms with van der Waals surface area (Å²) in [4.78, 5) is 24.8. The number of fused-ring (bicyclic) bond motifs is 1. The van der Waals surface area contributed by atoms with E-state index < -0.39 is 24.0 Å². The fourth-order valence-corrected chi connectivity index (χ4v) is 2.48. The maximum atomic E-state index is 12.4. The van der Waals surface area contributed by atoms with Gasteiger partial charge in [0.2, 0.25) is 0 Å². The van der Waals surface area contributed by atoms with Gasteiger partial charge in [-0.2, -0.15) is 0 Å². The number of rotatable bonds is 8. The second kappa shape index (κ2) is 8.94. The third-order valence-electron chi connectivity index (χ3n) is 3.81. The molecule has 2 unspecified atom stereocenters. The van der Waals surface area contributed by atoms with Crippen molar-refractivity contribution >= 4 is 11.9 Å². The van der Waals surface area contributed by atoms with Gasteiger partial charge in [-0.3, -0.25) is 0 Å². The highest BCUT2D eigenvalue weighted by Gasteiger charge is 2.46. The number of hydrogen-bond acceptors (Lipinski definition) is 7. The molecule has 7 heteroatoms. The van der Waals surface area contributed by atoms with Crippen molar-refractivity contribution in [2.24, 2.45) is 0 Å². The molecule has 0 saturated heterocycles. The highest BCUT2D eigenvalue weighted by atomic mass is 16.8. The highest BCUT2D eigenvalue weighted by Crippen LogP contribution is 2.29. The van der Waals surface area contributed by atoms with Crippen LogP contribution in [0.15, 0.2) is 24.3 Å². The summed E-state index contributed by atoms with van der Waals surface area (Å²) < 4.78 is 21.3. The first-order chi connectivity index (χ1) is 12.0. The standard InChI is InChI=1S/C18H24O7/c1-3-5-10-18(21)17(23-12-11-22-4-2)24-15(19)13-8-6-7-9-14(13)16(20)25-18/h6-9,17,21H,3-5,10-12H2,1-2H3. The average Bonchev–Trinajstić information content (AvgIpc) is 2.61. The molecule has 7 nitrogen and oxygen atoms in total. The minimum absolute atomic E-state index is 0.0511. The van der Waals surface area contributed by atoms with Gasteiger partial charge in [-0.25, -0.2) is 9.59 Å². The molecule has 1 aliphatic rings. The summed E-state index contributed by atoms with van der Waals surface area (Å²) in [6.07, 6.45) is -0.0155. The van der Waals surface area contributed by atoms with Crippen LogP contribution in [0.4, 0.5) is 0 Å². The summed E-state index contributed by atoms with van der Waals surface area (Å²) >= 11 is 0. The van der Waals surface area contributed by atoms with Crippen LogP contribution in [0.3, 0.4) is 0 Å². The molecule has 25 heavy (non-hydrogen) atoms. The van der Waals surface area contributed by atoms with Crippen LogP contribution in [0.5, 0.6) is 0 Å². The quantitative estimate of drug-likeness (QED) is 0.567. The zero-order valence-electron chi connectivity index (χ0n) is 14.5. The molecule has 1 aromatic rings. The van der Waals surface area contributed by atoms with Crippen LogP contribution >= 0.6 is 0 Å². The SMILES string of the molecule is CCCCC1(O)OC(=O)c2ccccc2C(=O)OC1OCCOCC. The van der Waals surface area contributed by atoms with Gasteiger partial charge in [0, 0.05) is 13.0 Å². The topological polar surface area (TPSA) is 91.3 Å². The van der Waals surface area contributed by atoms with E-state index in [2.05, 4.69) is 0 Å². The Kier molecular flexibility index (Phi) is 6.92. The zero-order chi connectivity index (χ0) is 18.3. The van der Waals surface area contributed by atoms with Crippen molar-refractivity contribution in [1.29, 1.82) is 0 Å². The lowest BCUT2D eigenvalue weighted by Crippen LogP contribution is -2.51. The predicted octanol–water partition coefficient (Wildman–Crippen LogP) is 2.27. The van der Waals surface area contributed by atoms with Gasteiger partial charge in [-0.1, -0.05) is 25.5 Å². The molecule has 1 N–H and O–H groups in total. The summed E-state index contributed by atoms with van der Waals surface area (Å²) in [6.45, 7) is 4.63. The van der Waals surface area contributed by atoms with E-state index in [1.807, 2.05) is 13.8 Å². The van der Waals surface area contributed by atoms with E-state index in [0.717, 1.165) is 6.42 Å². The van der Waals surface area contributed by atoms with E-state index in [0.29, 0.717) is 13.0 Å². The van der Waals surface area contributed by atoms with Gasteiger partial charge in [-0.15, -0.1) is 0 Å². The lowest BCUT2D eigenvalue weighted by atomic mass is 10.0. The van der Waals surface area contributed by atoms with E-state index in [-0.39, 0.29) is 30.8 Å². The van der Waals surface area contributed by atoms with E-state index in [9.17, 15) is 14.7 Å². The number of carbonyl (C=O) groups is 2. The molecule has 1 aromatic carbocycles. The van der Waals surface area contributed by atoms with Crippen molar-refractivity contribution in [1.82, 2.24) is 0 Å². The first kappa shape index (κ1) is 19.4. The van der Waals surface area contributed by atoms with E-state index in [1.54, 1.807) is 12.1 Å². The average molecular weight is 352 g/mol. The lowest BCUT2D eigenvalue weighted by Gasteiger charge is -2.36. The van der Waals surface area contributed by atoms with Crippen molar-refractivity contribution in [2.45, 2.75) is 45.2 Å². The molecule has 0 aromatic heterocycles. The molecule has 0 saturated carbocycles. The Morgan fingerprint density at radius 2 is 1.80 bits per heavy atom. The number of ether oxygens (including phenoxy) is 4.